The fourth-order valence-electron chi connectivity index (χ4n) is 1.87. The van der Waals surface area contributed by atoms with Crippen molar-refractivity contribution in [2.24, 2.45) is 7.05 Å². The molecule has 0 spiro atoms. The molecule has 2 rings (SSSR count). The van der Waals surface area contributed by atoms with E-state index in [2.05, 4.69) is 5.10 Å². The van der Waals surface area contributed by atoms with Crippen molar-refractivity contribution in [1.29, 1.82) is 0 Å². The predicted molar refractivity (Wildman–Crippen MR) is 68.5 cm³/mol. The van der Waals surface area contributed by atoms with Crippen LogP contribution in [0.5, 0.6) is 5.75 Å². The molecule has 0 aliphatic rings. The molecule has 18 heavy (non-hydrogen) atoms. The van der Waals surface area contributed by atoms with Gasteiger partial charge in [0.1, 0.15) is 5.75 Å². The van der Waals surface area contributed by atoms with Gasteiger partial charge in [0.2, 0.25) is 0 Å². The zero-order chi connectivity index (χ0) is 13.1. The molecule has 94 valence electrons. The third-order valence-electron chi connectivity index (χ3n) is 2.95. The van der Waals surface area contributed by atoms with Crippen molar-refractivity contribution in [3.8, 4) is 5.75 Å². The Morgan fingerprint density at radius 3 is 2.50 bits per heavy atom. The summed E-state index contributed by atoms with van der Waals surface area (Å²) in [6, 6.07) is 9.08. The minimum atomic E-state index is -0.264. The van der Waals surface area contributed by atoms with Crippen molar-refractivity contribution in [2.45, 2.75) is 20.3 Å². The molecule has 0 bridgehead atoms. The highest BCUT2D eigenvalue weighted by Crippen LogP contribution is 2.15. The van der Waals surface area contributed by atoms with Gasteiger partial charge in [0.05, 0.1) is 12.1 Å². The summed E-state index contributed by atoms with van der Waals surface area (Å²) in [6.07, 6.45) is 0.250. The molecule has 1 aromatic carbocycles. The summed E-state index contributed by atoms with van der Waals surface area (Å²) in [5.74, 6) is 0.307. The Kier molecular flexibility index (Phi) is 3.46. The highest BCUT2D eigenvalue weighted by atomic mass is 16.5. The normalized spacial score (nSPS) is 10.4. The Morgan fingerprint density at radius 1 is 1.28 bits per heavy atom. The first-order valence-corrected chi connectivity index (χ1v) is 5.82. The number of hydrogen-bond donors (Lipinski definition) is 0. The van der Waals surface area contributed by atoms with Crippen molar-refractivity contribution < 1.29 is 9.53 Å². The maximum absolute atomic E-state index is 11.8. The number of para-hydroxylation sites is 1. The van der Waals surface area contributed by atoms with Gasteiger partial charge < -0.3 is 4.74 Å². The van der Waals surface area contributed by atoms with Crippen molar-refractivity contribution >= 4 is 5.97 Å². The van der Waals surface area contributed by atoms with Crippen LogP contribution in [0.15, 0.2) is 30.3 Å². The molecule has 4 heteroatoms. The van der Waals surface area contributed by atoms with Gasteiger partial charge in [-0.2, -0.15) is 5.10 Å². The van der Waals surface area contributed by atoms with Gasteiger partial charge in [-0.15, -0.1) is 0 Å². The maximum Gasteiger partial charge on any atom is 0.315 e. The molecule has 0 atom stereocenters. The summed E-state index contributed by atoms with van der Waals surface area (Å²) in [6.45, 7) is 3.85. The Hall–Kier alpha value is -2.10. The molecule has 2 aromatic rings. The lowest BCUT2D eigenvalue weighted by atomic mass is 10.1. The molecule has 0 unspecified atom stereocenters. The smallest absolute Gasteiger partial charge is 0.315 e. The van der Waals surface area contributed by atoms with Crippen LogP contribution in [0, 0.1) is 13.8 Å². The second-order valence-corrected chi connectivity index (χ2v) is 4.24. The number of nitrogens with zero attached hydrogens (tertiary/aromatic N) is 2. The van der Waals surface area contributed by atoms with Crippen LogP contribution in [-0.4, -0.2) is 15.7 Å². The number of carbonyl (C=O) groups excluding carboxylic acids is 1. The number of ether oxygens (including phenoxy) is 1. The molecule has 0 radical (unpaired) electrons. The Balaban J connectivity index is 2.08. The van der Waals surface area contributed by atoms with Gasteiger partial charge in [0.25, 0.3) is 0 Å². The van der Waals surface area contributed by atoms with E-state index in [9.17, 15) is 4.79 Å². The second-order valence-electron chi connectivity index (χ2n) is 4.24. The highest BCUT2D eigenvalue weighted by molar-refractivity contribution is 5.75. The number of esters is 1. The van der Waals surface area contributed by atoms with Crippen LogP contribution in [0.4, 0.5) is 0 Å². The number of hydrogen-bond acceptors (Lipinski definition) is 3. The quantitative estimate of drug-likeness (QED) is 0.614. The summed E-state index contributed by atoms with van der Waals surface area (Å²) in [5.41, 5.74) is 2.82. The maximum atomic E-state index is 11.8. The van der Waals surface area contributed by atoms with Gasteiger partial charge in [0, 0.05) is 18.3 Å². The third-order valence-corrected chi connectivity index (χ3v) is 2.95. The largest absolute Gasteiger partial charge is 0.426 e. The first-order chi connectivity index (χ1) is 8.58. The minimum Gasteiger partial charge on any atom is -0.426 e. The number of benzene rings is 1. The average molecular weight is 244 g/mol. The molecule has 4 nitrogen and oxygen atoms in total. The zero-order valence-corrected chi connectivity index (χ0v) is 10.8. The summed E-state index contributed by atoms with van der Waals surface area (Å²) >= 11 is 0. The SMILES string of the molecule is Cc1nn(C)c(C)c1CC(=O)Oc1ccccc1. The van der Waals surface area contributed by atoms with Gasteiger partial charge in [0.15, 0.2) is 0 Å². The lowest BCUT2D eigenvalue weighted by Crippen LogP contribution is -2.12. The Labute approximate surface area is 106 Å². The van der Waals surface area contributed by atoms with E-state index in [0.29, 0.717) is 5.75 Å². The van der Waals surface area contributed by atoms with E-state index in [1.165, 1.54) is 0 Å². The van der Waals surface area contributed by atoms with E-state index in [1.54, 1.807) is 16.8 Å². The second kappa shape index (κ2) is 5.04. The van der Waals surface area contributed by atoms with Gasteiger partial charge in [-0.1, -0.05) is 18.2 Å². The summed E-state index contributed by atoms with van der Waals surface area (Å²) in [5, 5.41) is 4.28. The third kappa shape index (κ3) is 2.59. The van der Waals surface area contributed by atoms with Crippen LogP contribution in [0.3, 0.4) is 0 Å². The Morgan fingerprint density at radius 2 is 1.94 bits per heavy atom. The van der Waals surface area contributed by atoms with Crippen LogP contribution in [0.1, 0.15) is 17.0 Å². The van der Waals surface area contributed by atoms with Gasteiger partial charge >= 0.3 is 5.97 Å². The molecule has 0 N–H and O–H groups in total. The summed E-state index contributed by atoms with van der Waals surface area (Å²) < 4.78 is 7.04. The molecular formula is C14H16N2O2. The molecule has 0 saturated heterocycles. The fraction of sp³-hybridized carbons (Fsp3) is 0.286. The van der Waals surface area contributed by atoms with E-state index in [0.717, 1.165) is 17.0 Å². The predicted octanol–water partition coefficient (Wildman–Crippen LogP) is 2.19. The van der Waals surface area contributed by atoms with Crippen molar-refractivity contribution in [3.05, 3.63) is 47.3 Å². The van der Waals surface area contributed by atoms with E-state index >= 15 is 0 Å². The monoisotopic (exact) mass is 244 g/mol. The van der Waals surface area contributed by atoms with Crippen LogP contribution < -0.4 is 4.74 Å². The molecule has 0 amide bonds. The molecule has 1 aromatic heterocycles. The molecule has 0 fully saturated rings. The van der Waals surface area contributed by atoms with Gasteiger partial charge in [-0.3, -0.25) is 9.48 Å². The van der Waals surface area contributed by atoms with Crippen LogP contribution in [-0.2, 0) is 18.3 Å². The van der Waals surface area contributed by atoms with Gasteiger partial charge in [-0.25, -0.2) is 0 Å². The van der Waals surface area contributed by atoms with Crippen LogP contribution in [0.25, 0.3) is 0 Å². The minimum absolute atomic E-state index is 0.250. The van der Waals surface area contributed by atoms with Crippen LogP contribution in [0.2, 0.25) is 0 Å². The number of rotatable bonds is 3. The molecule has 1 heterocycles. The number of aryl methyl sites for hydroxylation is 2. The van der Waals surface area contributed by atoms with Crippen molar-refractivity contribution in [2.75, 3.05) is 0 Å². The van der Waals surface area contributed by atoms with E-state index in [-0.39, 0.29) is 12.4 Å². The standard InChI is InChI=1S/C14H16N2O2/c1-10-13(11(2)16(3)15-10)9-14(17)18-12-7-5-4-6-8-12/h4-8H,9H2,1-3H3. The van der Waals surface area contributed by atoms with E-state index < -0.39 is 0 Å². The summed E-state index contributed by atoms with van der Waals surface area (Å²) in [7, 11) is 1.87. The summed E-state index contributed by atoms with van der Waals surface area (Å²) in [4.78, 5) is 11.8. The number of carbonyl (C=O) groups is 1. The van der Waals surface area contributed by atoms with Gasteiger partial charge in [-0.05, 0) is 26.0 Å². The lowest BCUT2D eigenvalue weighted by Gasteiger charge is -2.04. The number of aromatic nitrogens is 2. The first-order valence-electron chi connectivity index (χ1n) is 5.82. The van der Waals surface area contributed by atoms with Crippen molar-refractivity contribution in [3.63, 3.8) is 0 Å². The molecular weight excluding hydrogens is 228 g/mol. The highest BCUT2D eigenvalue weighted by Gasteiger charge is 2.14. The first kappa shape index (κ1) is 12.4. The zero-order valence-electron chi connectivity index (χ0n) is 10.8. The average Bonchev–Trinajstić information content (AvgIpc) is 2.57. The molecule has 0 saturated carbocycles. The van der Waals surface area contributed by atoms with E-state index in [4.69, 9.17) is 4.74 Å². The molecule has 0 aliphatic heterocycles. The molecule has 0 aliphatic carbocycles. The van der Waals surface area contributed by atoms with Crippen molar-refractivity contribution in [1.82, 2.24) is 9.78 Å². The Bertz CT molecular complexity index is 559. The topological polar surface area (TPSA) is 44.1 Å². The lowest BCUT2D eigenvalue weighted by molar-refractivity contribution is -0.133. The fourth-order valence-corrected chi connectivity index (χ4v) is 1.87. The van der Waals surface area contributed by atoms with E-state index in [1.807, 2.05) is 39.1 Å². The van der Waals surface area contributed by atoms with Crippen LogP contribution >= 0.6 is 0 Å².